The number of nitrogens with two attached hydrogens (primary N) is 1. The SMILES string of the molecule is C.CS(=O)(=O)OCC1(F)CCOCC1.N#CC(O)C1(F)CCOCC1.N#CC1OC12CCOCC2.N#CCCl.NCC1(F)CCOCC1.O=C1CCOCC1.O=CO[O-].OCC1(F)CCOCC1.[B].[H-].[HH].[N-]=[N+]=NCC1(F)CCOCC1.[N-]=[N+]=[N-].[Na+].[Na+].[Na+]. The van der Waals surface area contributed by atoms with Crippen molar-refractivity contribution < 1.29 is 194 Å². The monoisotopic (exact) mass is 1310 g/mol. The molecular formula is C48H83BClF5N10Na3O17S. The maximum atomic E-state index is 13.6. The van der Waals surface area contributed by atoms with Gasteiger partial charge in [0.05, 0.1) is 50.8 Å². The third-order valence-electron chi connectivity index (χ3n) is 12.5. The fraction of sp³-hybridized carbons (Fsp3) is 0.896. The fourth-order valence-corrected chi connectivity index (χ4v) is 7.55. The summed E-state index contributed by atoms with van der Waals surface area (Å²) in [5.41, 5.74) is 19.5. The van der Waals surface area contributed by atoms with Gasteiger partial charge in [-0.15, -0.1) is 11.6 Å². The molecule has 0 aromatic rings. The molecule has 0 amide bonds. The molecule has 3 radical (unpaired) electrons. The van der Waals surface area contributed by atoms with E-state index in [9.17, 15) is 35.2 Å². The zero-order valence-corrected chi connectivity index (χ0v) is 56.5. The number of hydrogen-bond donors (Lipinski definition) is 3. The molecule has 8 heterocycles. The van der Waals surface area contributed by atoms with Crippen LogP contribution in [0.4, 0.5) is 22.0 Å². The molecule has 0 bridgehead atoms. The molecule has 8 aliphatic rings. The molecule has 0 aromatic heterocycles. The van der Waals surface area contributed by atoms with Crippen LogP contribution in [0.15, 0.2) is 5.11 Å². The number of halogens is 6. The number of nitriles is 3. The standard InChI is InChI=1S/C7H10FNO2.C7H13FO4S.C7H9NO2.C6H10FN3O.C6H12FNO.C6H11FO2.C5H8O2.C2H2ClN.CH2O3.CH4.B.N3.3Na.H2.H/c8-7(6(10)5-9)1-3-11-4-2-7;1-13(9,10)12-6-7(8)2-4-11-5-3-7;8-5-6-7(10-6)1-3-9-4-2-7;7-6(5-9-10-8)1-3-11-4-2-6;2*7-6(5-8)1-3-9-4-2-6;6-5-1-3-7-4-2-5;3-1-2-4;2-1-4-3;;;1-3-2;;;;;/h6,10H,1-4H2;2-6H2,1H3;6H,1-4H2;1-5H2;1-5,8H2;8H,1-5H2;1-4H2;1H2;1,3H;1H4;;;;;;1H;/q;;;;;;;;;;;-1;3*+1;;-1/p-1. The van der Waals surface area contributed by atoms with Crippen molar-refractivity contribution in [3.05, 3.63) is 26.4 Å². The van der Waals surface area contributed by atoms with Crippen molar-refractivity contribution in [2.45, 2.75) is 143 Å². The van der Waals surface area contributed by atoms with Gasteiger partial charge in [-0.1, -0.05) is 12.5 Å². The van der Waals surface area contributed by atoms with E-state index in [-0.39, 0.29) is 190 Å². The van der Waals surface area contributed by atoms with E-state index in [1.165, 1.54) is 11.0 Å². The van der Waals surface area contributed by atoms with Gasteiger partial charge in [0.1, 0.15) is 46.5 Å². The summed E-state index contributed by atoms with van der Waals surface area (Å²) in [5, 5.41) is 53.4. The molecular weight excluding hydrogens is 1230 g/mol. The summed E-state index contributed by atoms with van der Waals surface area (Å²) in [7, 11) is -3.54. The summed E-state index contributed by atoms with van der Waals surface area (Å²) in [6.45, 7) is 5.91. The van der Waals surface area contributed by atoms with Crippen LogP contribution < -0.4 is 99.7 Å². The molecule has 8 fully saturated rings. The average molecular weight is 1310 g/mol. The van der Waals surface area contributed by atoms with Gasteiger partial charge in [0.15, 0.2) is 17.9 Å². The van der Waals surface area contributed by atoms with Crippen LogP contribution in [0.2, 0.25) is 0 Å². The first-order chi connectivity index (χ1) is 38.4. The number of nitrogens with zero attached hydrogens (tertiary/aromatic N) is 9. The predicted octanol–water partition coefficient (Wildman–Crippen LogP) is -3.85. The summed E-state index contributed by atoms with van der Waals surface area (Å²) >= 11 is 4.82. The fourth-order valence-electron chi connectivity index (χ4n) is 7.13. The number of carbonyl (C=O) groups is 2. The quantitative estimate of drug-likeness (QED) is 0.0162. The van der Waals surface area contributed by atoms with E-state index in [1.807, 2.05) is 0 Å². The molecule has 8 aliphatic heterocycles. The average Bonchev–Trinajstić information content (AvgIpc) is 4.34. The normalized spacial score (nSPS) is 21.5. The number of hydrogen-bond acceptors (Lipinski definition) is 22. The smallest absolute Gasteiger partial charge is 1.00 e. The van der Waals surface area contributed by atoms with E-state index in [1.54, 1.807) is 6.07 Å². The zero-order chi connectivity index (χ0) is 61.6. The molecule has 0 saturated carbocycles. The largest absolute Gasteiger partial charge is 1.00 e. The predicted molar refractivity (Wildman–Crippen MR) is 290 cm³/mol. The molecule has 27 nitrogen and oxygen atoms in total. The van der Waals surface area contributed by atoms with Crippen molar-refractivity contribution in [3.8, 4) is 18.2 Å². The number of aliphatic hydroxyl groups is 2. The molecule has 1 spiro atoms. The first kappa shape index (κ1) is 98.3. The van der Waals surface area contributed by atoms with Crippen LogP contribution >= 0.6 is 11.6 Å². The van der Waals surface area contributed by atoms with Crippen molar-refractivity contribution >= 4 is 42.4 Å². The Hall–Kier alpha value is -1.34. The number of epoxide rings is 1. The number of rotatable bonds is 9. The summed E-state index contributed by atoms with van der Waals surface area (Å²) < 4.78 is 132. The minimum Gasteiger partial charge on any atom is -1.00 e. The Balaban J connectivity index is -0.000000114. The number of azide groups is 1. The van der Waals surface area contributed by atoms with Gasteiger partial charge in [-0.25, -0.2) is 22.0 Å². The van der Waals surface area contributed by atoms with Crippen molar-refractivity contribution in [2.75, 3.05) is 131 Å². The van der Waals surface area contributed by atoms with Gasteiger partial charge in [-0.05, 0) is 5.53 Å². The Bertz CT molecular complexity index is 2030. The molecule has 4 N–H and O–H groups in total. The number of alkyl halides is 6. The first-order valence-corrected chi connectivity index (χ1v) is 27.7. The second-order valence-electron chi connectivity index (χ2n) is 18.5. The van der Waals surface area contributed by atoms with E-state index in [0.29, 0.717) is 123 Å². The Morgan fingerprint density at radius 3 is 1.35 bits per heavy atom. The Morgan fingerprint density at radius 2 is 1.09 bits per heavy atom. The molecule has 0 aromatic carbocycles. The minimum absolute atomic E-state index is 0. The number of ether oxygens (including phenoxy) is 8. The first-order valence-electron chi connectivity index (χ1n) is 25.4. The van der Waals surface area contributed by atoms with E-state index in [4.69, 9.17) is 108 Å². The Kier molecular flexibility index (Phi) is 65.8. The van der Waals surface area contributed by atoms with Crippen molar-refractivity contribution in [1.82, 2.24) is 0 Å². The second-order valence-corrected chi connectivity index (χ2v) is 20.4. The van der Waals surface area contributed by atoms with Crippen LogP contribution in [-0.2, 0) is 66.7 Å². The molecule has 86 heavy (non-hydrogen) atoms. The van der Waals surface area contributed by atoms with Crippen LogP contribution in [0.5, 0.6) is 0 Å². The molecule has 481 valence electrons. The number of Topliss-reactive ketones (excluding diaryl/α,β-unsaturated/α-hetero) is 1. The number of aliphatic hydroxyl groups excluding tert-OH is 2. The Morgan fingerprint density at radius 1 is 0.756 bits per heavy atom. The third kappa shape index (κ3) is 49.4. The summed E-state index contributed by atoms with van der Waals surface area (Å²) in [6.07, 6.45) is 5.20. The summed E-state index contributed by atoms with van der Waals surface area (Å²) in [4.78, 5) is 25.7. The minimum atomic E-state index is -3.54. The topological polar surface area (TPSA) is 432 Å². The van der Waals surface area contributed by atoms with Crippen LogP contribution in [0.25, 0.3) is 26.4 Å². The van der Waals surface area contributed by atoms with Gasteiger partial charge in [-0.2, -0.15) is 24.2 Å². The molecule has 0 aliphatic carbocycles. The molecule has 8 saturated heterocycles. The van der Waals surface area contributed by atoms with Gasteiger partial charge in [0.2, 0.25) is 0 Å². The van der Waals surface area contributed by atoms with Crippen LogP contribution in [0.1, 0.15) is 100 Å². The van der Waals surface area contributed by atoms with Gasteiger partial charge in [0.25, 0.3) is 16.6 Å². The van der Waals surface area contributed by atoms with Crippen LogP contribution in [0.3, 0.4) is 0 Å². The van der Waals surface area contributed by atoms with E-state index >= 15 is 0 Å². The van der Waals surface area contributed by atoms with Gasteiger partial charge in [0, 0.05) is 190 Å². The third-order valence-corrected chi connectivity index (χ3v) is 13.1. The van der Waals surface area contributed by atoms with Crippen molar-refractivity contribution in [1.29, 1.82) is 15.8 Å². The molecule has 8 rings (SSSR count). The Labute approximate surface area is 577 Å². The number of ketones is 1. The molecule has 2 unspecified atom stereocenters. The second kappa shape index (κ2) is 57.6. The van der Waals surface area contributed by atoms with Crippen LogP contribution in [-0.4, -0.2) is 216 Å². The summed E-state index contributed by atoms with van der Waals surface area (Å²) in [5.74, 6) is 0.436. The van der Waals surface area contributed by atoms with Gasteiger partial charge < -0.3 is 76.5 Å². The number of carbonyl (C=O) groups excluding carboxylic acids is 2. The maximum Gasteiger partial charge on any atom is 1.00 e. The van der Waals surface area contributed by atoms with Gasteiger partial charge in [-0.3, -0.25) is 18.7 Å². The molecule has 2 atom stereocenters. The van der Waals surface area contributed by atoms with Crippen LogP contribution in [0, 0.1) is 34.0 Å². The summed E-state index contributed by atoms with van der Waals surface area (Å²) in [6, 6.07) is 5.32. The van der Waals surface area contributed by atoms with E-state index < -0.39 is 51.2 Å². The van der Waals surface area contributed by atoms with Crippen molar-refractivity contribution in [2.24, 2.45) is 10.8 Å². The zero-order valence-electron chi connectivity index (χ0n) is 49.9. The van der Waals surface area contributed by atoms with Gasteiger partial charge >= 0.3 is 88.7 Å². The molecule has 38 heteroatoms. The van der Waals surface area contributed by atoms with E-state index in [0.717, 1.165) is 32.3 Å². The van der Waals surface area contributed by atoms with Crippen molar-refractivity contribution in [3.63, 3.8) is 0 Å². The van der Waals surface area contributed by atoms with E-state index in [2.05, 4.69) is 25.2 Å². The maximum absolute atomic E-state index is 13.6.